The zero-order valence-electron chi connectivity index (χ0n) is 14.5. The predicted molar refractivity (Wildman–Crippen MR) is 107 cm³/mol. The van der Waals surface area contributed by atoms with Crippen LogP contribution in [-0.4, -0.2) is 31.6 Å². The molecule has 1 heterocycles. The zero-order valence-corrected chi connectivity index (χ0v) is 16.1. The highest BCUT2D eigenvalue weighted by atomic mass is 35.5. The summed E-state index contributed by atoms with van der Waals surface area (Å²) in [7, 11) is 3.15. The van der Waals surface area contributed by atoms with E-state index < -0.39 is 0 Å². The van der Waals surface area contributed by atoms with Crippen molar-refractivity contribution in [2.24, 2.45) is 4.99 Å². The van der Waals surface area contributed by atoms with Crippen LogP contribution in [0.15, 0.2) is 53.2 Å². The van der Waals surface area contributed by atoms with Gasteiger partial charge in [0.25, 0.3) is 5.91 Å². The Morgan fingerprint density at radius 3 is 2.46 bits per heavy atom. The van der Waals surface area contributed by atoms with Crippen molar-refractivity contribution in [3.05, 3.63) is 58.7 Å². The van der Waals surface area contributed by atoms with Crippen LogP contribution in [0, 0.1) is 0 Å². The normalized spacial score (nSPS) is 15.4. The quantitative estimate of drug-likeness (QED) is 0.725. The molecule has 26 heavy (non-hydrogen) atoms. The van der Waals surface area contributed by atoms with Gasteiger partial charge in [0.1, 0.15) is 17.2 Å². The van der Waals surface area contributed by atoms with Crippen molar-refractivity contribution in [3.63, 3.8) is 0 Å². The maximum absolute atomic E-state index is 12.9. The number of anilines is 1. The Morgan fingerprint density at radius 2 is 1.85 bits per heavy atom. The zero-order chi connectivity index (χ0) is 18.7. The van der Waals surface area contributed by atoms with Crippen molar-refractivity contribution >= 4 is 46.2 Å². The molecule has 0 unspecified atom stereocenters. The van der Waals surface area contributed by atoms with Crippen LogP contribution in [-0.2, 0) is 4.79 Å². The Labute approximate surface area is 161 Å². The number of aliphatic imine (C=N–C) groups is 1. The number of thioether (sulfide) groups is 1. The maximum atomic E-state index is 12.9. The fraction of sp³-hybridized carbons (Fsp3) is 0.158. The van der Waals surface area contributed by atoms with Gasteiger partial charge in [-0.3, -0.25) is 9.69 Å². The van der Waals surface area contributed by atoms with E-state index in [-0.39, 0.29) is 5.91 Å². The highest BCUT2D eigenvalue weighted by molar-refractivity contribution is 8.13. The Bertz CT molecular complexity index is 894. The van der Waals surface area contributed by atoms with Gasteiger partial charge in [-0.15, -0.1) is 0 Å². The summed E-state index contributed by atoms with van der Waals surface area (Å²) in [5.74, 6) is 1.06. The Morgan fingerprint density at radius 1 is 1.12 bits per heavy atom. The van der Waals surface area contributed by atoms with Gasteiger partial charge in [-0.25, -0.2) is 4.99 Å². The summed E-state index contributed by atoms with van der Waals surface area (Å²) >= 11 is 7.48. The molecule has 1 amide bonds. The molecule has 0 saturated heterocycles. The molecule has 2 aromatic rings. The van der Waals surface area contributed by atoms with Crippen LogP contribution in [0.25, 0.3) is 6.08 Å². The molecule has 0 saturated carbocycles. The van der Waals surface area contributed by atoms with Crippen LogP contribution in [0.1, 0.15) is 5.56 Å². The SMILES string of the molecule is COc1ccc(C=C2N=C(SC)N(c3ccc(Cl)c(OC)c3)C2=O)cc1. The standard InChI is InChI=1S/C19H17ClN2O3S/c1-24-14-7-4-12(5-8-14)10-16-18(23)22(19(21-16)26-3)13-6-9-15(20)17(11-13)25-2/h4-11H,1-3H3. The number of hydrogen-bond acceptors (Lipinski definition) is 5. The third-order valence-corrected chi connectivity index (χ3v) is 4.78. The first-order chi connectivity index (χ1) is 12.6. The fourth-order valence-corrected chi connectivity index (χ4v) is 3.26. The molecule has 1 aliphatic heterocycles. The van der Waals surface area contributed by atoms with Crippen molar-refractivity contribution < 1.29 is 14.3 Å². The number of rotatable bonds is 4. The minimum atomic E-state index is -0.199. The lowest BCUT2D eigenvalue weighted by molar-refractivity contribution is -0.113. The molecular weight excluding hydrogens is 372 g/mol. The van der Waals surface area contributed by atoms with Gasteiger partial charge >= 0.3 is 0 Å². The monoisotopic (exact) mass is 388 g/mol. The maximum Gasteiger partial charge on any atom is 0.283 e. The number of carbonyl (C=O) groups is 1. The van der Waals surface area contributed by atoms with Gasteiger partial charge < -0.3 is 9.47 Å². The summed E-state index contributed by atoms with van der Waals surface area (Å²) in [4.78, 5) is 18.9. The molecule has 0 radical (unpaired) electrons. The van der Waals surface area contributed by atoms with Crippen LogP contribution in [0.3, 0.4) is 0 Å². The molecule has 0 fully saturated rings. The van der Waals surface area contributed by atoms with Gasteiger partial charge in [0.05, 0.1) is 24.9 Å². The number of hydrogen-bond donors (Lipinski definition) is 0. The second kappa shape index (κ2) is 7.85. The first-order valence-electron chi connectivity index (χ1n) is 7.74. The van der Waals surface area contributed by atoms with E-state index in [1.807, 2.05) is 30.5 Å². The highest BCUT2D eigenvalue weighted by Gasteiger charge is 2.31. The van der Waals surface area contributed by atoms with Gasteiger partial charge in [-0.2, -0.15) is 0 Å². The van der Waals surface area contributed by atoms with Crippen molar-refractivity contribution in [2.75, 3.05) is 25.4 Å². The van der Waals surface area contributed by atoms with Crippen LogP contribution in [0.5, 0.6) is 11.5 Å². The van der Waals surface area contributed by atoms with Gasteiger partial charge in [0.2, 0.25) is 0 Å². The molecule has 0 atom stereocenters. The Kier molecular flexibility index (Phi) is 5.54. The lowest BCUT2D eigenvalue weighted by Crippen LogP contribution is -2.30. The molecule has 5 nitrogen and oxygen atoms in total. The number of halogens is 1. The number of methoxy groups -OCH3 is 2. The van der Waals surface area contributed by atoms with Crippen LogP contribution < -0.4 is 14.4 Å². The second-order valence-electron chi connectivity index (χ2n) is 5.36. The van der Waals surface area contributed by atoms with E-state index >= 15 is 0 Å². The Hall–Kier alpha value is -2.44. The molecule has 2 aromatic carbocycles. The number of amides is 1. The fourth-order valence-electron chi connectivity index (χ4n) is 2.51. The van der Waals surface area contributed by atoms with Crippen molar-refractivity contribution in [2.45, 2.75) is 0 Å². The molecule has 0 aromatic heterocycles. The molecule has 3 rings (SSSR count). The summed E-state index contributed by atoms with van der Waals surface area (Å²) in [6.45, 7) is 0. The molecule has 0 bridgehead atoms. The van der Waals surface area contributed by atoms with Gasteiger partial charge in [0, 0.05) is 6.07 Å². The molecule has 0 spiro atoms. The van der Waals surface area contributed by atoms with Gasteiger partial charge in [-0.05, 0) is 42.2 Å². The van der Waals surface area contributed by atoms with Gasteiger partial charge in [-0.1, -0.05) is 35.5 Å². The van der Waals surface area contributed by atoms with E-state index in [1.54, 1.807) is 36.3 Å². The summed E-state index contributed by atoms with van der Waals surface area (Å²) < 4.78 is 10.4. The van der Waals surface area contributed by atoms with Crippen LogP contribution >= 0.6 is 23.4 Å². The minimum Gasteiger partial charge on any atom is -0.497 e. The van der Waals surface area contributed by atoms with E-state index in [0.717, 1.165) is 11.3 Å². The van der Waals surface area contributed by atoms with Crippen molar-refractivity contribution in [3.8, 4) is 11.5 Å². The van der Waals surface area contributed by atoms with Crippen LogP contribution in [0.4, 0.5) is 5.69 Å². The topological polar surface area (TPSA) is 51.1 Å². The number of nitrogens with zero attached hydrogens (tertiary/aromatic N) is 2. The lowest BCUT2D eigenvalue weighted by Gasteiger charge is -2.18. The van der Waals surface area contributed by atoms with E-state index in [2.05, 4.69) is 4.99 Å². The third-order valence-electron chi connectivity index (χ3n) is 3.82. The molecule has 134 valence electrons. The Balaban J connectivity index is 1.95. The third kappa shape index (κ3) is 3.57. The van der Waals surface area contributed by atoms with Crippen LogP contribution in [0.2, 0.25) is 5.02 Å². The molecule has 1 aliphatic rings. The number of benzene rings is 2. The number of carbonyl (C=O) groups excluding carboxylic acids is 1. The minimum absolute atomic E-state index is 0.199. The lowest BCUT2D eigenvalue weighted by atomic mass is 10.2. The predicted octanol–water partition coefficient (Wildman–Crippen LogP) is 4.46. The average Bonchev–Trinajstić information content (AvgIpc) is 2.98. The molecular formula is C19H17ClN2O3S. The summed E-state index contributed by atoms with van der Waals surface area (Å²) in [6, 6.07) is 12.6. The first-order valence-corrected chi connectivity index (χ1v) is 9.34. The largest absolute Gasteiger partial charge is 0.497 e. The first kappa shape index (κ1) is 18.4. The average molecular weight is 389 g/mol. The van der Waals surface area contributed by atoms with E-state index in [1.165, 1.54) is 18.9 Å². The van der Waals surface area contributed by atoms with E-state index in [4.69, 9.17) is 21.1 Å². The van der Waals surface area contributed by atoms with Crippen molar-refractivity contribution in [1.82, 2.24) is 0 Å². The summed E-state index contributed by atoms with van der Waals surface area (Å²) in [5.41, 5.74) is 1.89. The molecule has 0 N–H and O–H groups in total. The summed E-state index contributed by atoms with van der Waals surface area (Å²) in [6.07, 6.45) is 3.63. The number of amidine groups is 1. The molecule has 0 aliphatic carbocycles. The number of ether oxygens (including phenoxy) is 2. The highest BCUT2D eigenvalue weighted by Crippen LogP contribution is 2.34. The second-order valence-corrected chi connectivity index (χ2v) is 6.54. The summed E-state index contributed by atoms with van der Waals surface area (Å²) in [5, 5.41) is 1.08. The van der Waals surface area contributed by atoms with Gasteiger partial charge in [0.15, 0.2) is 5.17 Å². The molecule has 7 heteroatoms. The van der Waals surface area contributed by atoms with Crippen molar-refractivity contribution in [1.29, 1.82) is 0 Å². The smallest absolute Gasteiger partial charge is 0.283 e. The van der Waals surface area contributed by atoms with E-state index in [9.17, 15) is 4.79 Å². The van der Waals surface area contributed by atoms with E-state index in [0.29, 0.717) is 27.3 Å².